The van der Waals surface area contributed by atoms with Gasteiger partial charge in [-0.3, -0.25) is 0 Å². The van der Waals surface area contributed by atoms with E-state index in [-0.39, 0.29) is 6.10 Å². The van der Waals surface area contributed by atoms with E-state index in [1.165, 1.54) is 0 Å². The highest BCUT2D eigenvalue weighted by Crippen LogP contribution is 2.19. The Morgan fingerprint density at radius 3 is 2.60 bits per heavy atom. The van der Waals surface area contributed by atoms with Crippen LogP contribution in [0.3, 0.4) is 0 Å². The van der Waals surface area contributed by atoms with Gasteiger partial charge in [-0.1, -0.05) is 15.9 Å². The maximum atomic E-state index is 9.38. The van der Waals surface area contributed by atoms with Crippen molar-refractivity contribution in [1.82, 2.24) is 0 Å². The SMILES string of the molecule is OC(CBr)C1CCOCC1. The molecule has 1 aliphatic heterocycles. The van der Waals surface area contributed by atoms with Crippen LogP contribution in [0, 0.1) is 5.92 Å². The van der Waals surface area contributed by atoms with E-state index in [0.29, 0.717) is 11.2 Å². The molecule has 0 bridgehead atoms. The number of hydrogen-bond donors (Lipinski definition) is 1. The third kappa shape index (κ3) is 2.22. The van der Waals surface area contributed by atoms with Gasteiger partial charge in [0.15, 0.2) is 0 Å². The van der Waals surface area contributed by atoms with E-state index in [0.717, 1.165) is 26.1 Å². The topological polar surface area (TPSA) is 29.5 Å². The highest BCUT2D eigenvalue weighted by molar-refractivity contribution is 9.09. The molecule has 0 aromatic rings. The highest BCUT2D eigenvalue weighted by atomic mass is 79.9. The lowest BCUT2D eigenvalue weighted by molar-refractivity contribution is 0.0173. The van der Waals surface area contributed by atoms with Crippen LogP contribution in [-0.4, -0.2) is 29.8 Å². The minimum Gasteiger partial charge on any atom is -0.392 e. The lowest BCUT2D eigenvalue weighted by atomic mass is 9.95. The zero-order valence-corrected chi connectivity index (χ0v) is 7.51. The zero-order chi connectivity index (χ0) is 7.40. The summed E-state index contributed by atoms with van der Waals surface area (Å²) in [5, 5.41) is 10.1. The van der Waals surface area contributed by atoms with Crippen molar-refractivity contribution in [3.63, 3.8) is 0 Å². The van der Waals surface area contributed by atoms with Crippen molar-refractivity contribution in [2.45, 2.75) is 18.9 Å². The van der Waals surface area contributed by atoms with Crippen LogP contribution in [-0.2, 0) is 4.74 Å². The van der Waals surface area contributed by atoms with Crippen LogP contribution >= 0.6 is 15.9 Å². The molecule has 0 aromatic carbocycles. The summed E-state index contributed by atoms with van der Waals surface area (Å²) in [5.74, 6) is 0.452. The molecule has 60 valence electrons. The molecular weight excluding hydrogens is 196 g/mol. The normalized spacial score (nSPS) is 24.6. The van der Waals surface area contributed by atoms with Gasteiger partial charge in [0.05, 0.1) is 6.10 Å². The van der Waals surface area contributed by atoms with Crippen molar-refractivity contribution in [2.75, 3.05) is 18.5 Å². The minimum atomic E-state index is -0.177. The van der Waals surface area contributed by atoms with Gasteiger partial charge in [-0.25, -0.2) is 0 Å². The Bertz CT molecular complexity index is 91.6. The predicted octanol–water partition coefficient (Wildman–Crippen LogP) is 1.17. The molecule has 0 aliphatic carbocycles. The average molecular weight is 209 g/mol. The van der Waals surface area contributed by atoms with Crippen molar-refractivity contribution in [3.05, 3.63) is 0 Å². The van der Waals surface area contributed by atoms with Gasteiger partial charge in [0.1, 0.15) is 0 Å². The minimum absolute atomic E-state index is 0.177. The first-order valence-corrected chi connectivity index (χ1v) is 4.78. The molecule has 0 radical (unpaired) electrons. The predicted molar refractivity (Wildman–Crippen MR) is 43.3 cm³/mol. The Kier molecular flexibility index (Phi) is 3.66. The molecule has 1 N–H and O–H groups in total. The van der Waals surface area contributed by atoms with Gasteiger partial charge in [0.25, 0.3) is 0 Å². The van der Waals surface area contributed by atoms with E-state index in [1.54, 1.807) is 0 Å². The fourth-order valence-corrected chi connectivity index (χ4v) is 1.76. The Labute approximate surface area is 69.7 Å². The molecule has 0 spiro atoms. The standard InChI is InChI=1S/C7H13BrO2/c8-5-7(9)6-1-3-10-4-2-6/h6-7,9H,1-5H2. The van der Waals surface area contributed by atoms with Gasteiger partial charge in [0, 0.05) is 18.5 Å². The van der Waals surface area contributed by atoms with Crippen LogP contribution in [0.2, 0.25) is 0 Å². The highest BCUT2D eigenvalue weighted by Gasteiger charge is 2.20. The molecule has 1 fully saturated rings. The third-order valence-corrected chi connectivity index (χ3v) is 2.63. The Morgan fingerprint density at radius 2 is 2.10 bits per heavy atom. The molecule has 10 heavy (non-hydrogen) atoms. The van der Waals surface area contributed by atoms with Crippen LogP contribution in [0.1, 0.15) is 12.8 Å². The monoisotopic (exact) mass is 208 g/mol. The first kappa shape index (κ1) is 8.50. The summed E-state index contributed by atoms with van der Waals surface area (Å²) >= 11 is 3.26. The number of ether oxygens (including phenoxy) is 1. The van der Waals surface area contributed by atoms with Crippen molar-refractivity contribution in [1.29, 1.82) is 0 Å². The van der Waals surface area contributed by atoms with Crippen molar-refractivity contribution in [3.8, 4) is 0 Å². The second-order valence-corrected chi connectivity index (χ2v) is 3.32. The number of hydrogen-bond acceptors (Lipinski definition) is 2. The number of rotatable bonds is 2. The molecule has 1 unspecified atom stereocenters. The summed E-state index contributed by atoms with van der Waals surface area (Å²) in [6.07, 6.45) is 1.84. The zero-order valence-electron chi connectivity index (χ0n) is 5.92. The van der Waals surface area contributed by atoms with Crippen molar-refractivity contribution in [2.24, 2.45) is 5.92 Å². The molecule has 0 saturated carbocycles. The van der Waals surface area contributed by atoms with Gasteiger partial charge >= 0.3 is 0 Å². The van der Waals surface area contributed by atoms with Crippen LogP contribution in [0.15, 0.2) is 0 Å². The van der Waals surface area contributed by atoms with Crippen LogP contribution in [0.4, 0.5) is 0 Å². The number of aliphatic hydroxyl groups is 1. The van der Waals surface area contributed by atoms with Crippen LogP contribution in [0.5, 0.6) is 0 Å². The molecular formula is C7H13BrO2. The molecule has 0 aromatic heterocycles. The molecule has 1 aliphatic rings. The van der Waals surface area contributed by atoms with Crippen molar-refractivity contribution < 1.29 is 9.84 Å². The summed E-state index contributed by atoms with van der Waals surface area (Å²) in [6, 6.07) is 0. The second kappa shape index (κ2) is 4.31. The molecule has 2 nitrogen and oxygen atoms in total. The van der Waals surface area contributed by atoms with Gasteiger partial charge in [-0.2, -0.15) is 0 Å². The summed E-state index contributed by atoms with van der Waals surface area (Å²) in [5.41, 5.74) is 0. The number of alkyl halides is 1. The number of aliphatic hydroxyl groups excluding tert-OH is 1. The van der Waals surface area contributed by atoms with Crippen molar-refractivity contribution >= 4 is 15.9 Å². The Hall–Kier alpha value is 0.400. The van der Waals surface area contributed by atoms with Crippen LogP contribution in [0.25, 0.3) is 0 Å². The fraction of sp³-hybridized carbons (Fsp3) is 1.00. The summed E-state index contributed by atoms with van der Waals surface area (Å²) in [4.78, 5) is 0. The van der Waals surface area contributed by atoms with E-state index < -0.39 is 0 Å². The summed E-state index contributed by atoms with van der Waals surface area (Å²) in [6.45, 7) is 1.63. The molecule has 3 heteroatoms. The molecule has 0 amide bonds. The summed E-state index contributed by atoms with van der Waals surface area (Å²) in [7, 11) is 0. The van der Waals surface area contributed by atoms with Gasteiger partial charge in [-0.05, 0) is 18.8 Å². The van der Waals surface area contributed by atoms with Crippen LogP contribution < -0.4 is 0 Å². The molecule has 1 saturated heterocycles. The largest absolute Gasteiger partial charge is 0.392 e. The Morgan fingerprint density at radius 1 is 1.50 bits per heavy atom. The first-order chi connectivity index (χ1) is 4.84. The lowest BCUT2D eigenvalue weighted by Crippen LogP contribution is -2.28. The quantitative estimate of drug-likeness (QED) is 0.691. The van der Waals surface area contributed by atoms with E-state index in [4.69, 9.17) is 4.74 Å². The molecule has 1 heterocycles. The Balaban J connectivity index is 2.24. The van der Waals surface area contributed by atoms with Gasteiger partial charge in [0.2, 0.25) is 0 Å². The molecule has 1 rings (SSSR count). The average Bonchev–Trinajstić information content (AvgIpc) is 2.05. The summed E-state index contributed by atoms with van der Waals surface area (Å²) < 4.78 is 5.17. The van der Waals surface area contributed by atoms with E-state index in [9.17, 15) is 5.11 Å². The second-order valence-electron chi connectivity index (χ2n) is 2.67. The van der Waals surface area contributed by atoms with Gasteiger partial charge < -0.3 is 9.84 Å². The molecule has 1 atom stereocenters. The smallest absolute Gasteiger partial charge is 0.0666 e. The maximum Gasteiger partial charge on any atom is 0.0666 e. The maximum absolute atomic E-state index is 9.38. The number of halogens is 1. The van der Waals surface area contributed by atoms with E-state index in [1.807, 2.05) is 0 Å². The van der Waals surface area contributed by atoms with E-state index >= 15 is 0 Å². The first-order valence-electron chi connectivity index (χ1n) is 3.66. The van der Waals surface area contributed by atoms with Gasteiger partial charge in [-0.15, -0.1) is 0 Å². The fourth-order valence-electron chi connectivity index (χ4n) is 1.23. The van der Waals surface area contributed by atoms with E-state index in [2.05, 4.69) is 15.9 Å². The third-order valence-electron chi connectivity index (χ3n) is 1.97. The lowest BCUT2D eigenvalue weighted by Gasteiger charge is -2.25.